The fourth-order valence-electron chi connectivity index (χ4n) is 1.05. The van der Waals surface area contributed by atoms with Gasteiger partial charge in [-0.3, -0.25) is 0 Å². The highest BCUT2D eigenvalue weighted by Crippen LogP contribution is 2.32. The molecule has 0 amide bonds. The molecule has 1 aliphatic heterocycles. The summed E-state index contributed by atoms with van der Waals surface area (Å²) < 4.78 is 17.9. The van der Waals surface area contributed by atoms with Crippen molar-refractivity contribution in [3.05, 3.63) is 41.0 Å². The van der Waals surface area contributed by atoms with Gasteiger partial charge in [0, 0.05) is 0 Å². The maximum Gasteiger partial charge on any atom is 0.222 e. The van der Waals surface area contributed by atoms with Gasteiger partial charge in [0.25, 0.3) is 0 Å². The third-order valence-electron chi connectivity index (χ3n) is 1.80. The second-order valence-electron chi connectivity index (χ2n) is 2.64. The van der Waals surface area contributed by atoms with Crippen molar-refractivity contribution >= 4 is 5.69 Å². The van der Waals surface area contributed by atoms with E-state index in [9.17, 15) is 4.39 Å². The number of nitrogens with zero attached hydrogens (tertiary/aromatic N) is 1. The fourth-order valence-corrected chi connectivity index (χ4v) is 1.05. The third kappa shape index (κ3) is 1.17. The summed E-state index contributed by atoms with van der Waals surface area (Å²) in [6.07, 6.45) is 0.0549. The summed E-state index contributed by atoms with van der Waals surface area (Å²) in [5.41, 5.74) is 0.888. The summed E-state index contributed by atoms with van der Waals surface area (Å²) in [4.78, 5) is 3.03. The Balaban J connectivity index is 2.38. The van der Waals surface area contributed by atoms with Crippen LogP contribution in [0.4, 0.5) is 10.1 Å². The number of rotatable bonds is 1. The van der Waals surface area contributed by atoms with Crippen LogP contribution in [0.1, 0.15) is 11.7 Å². The van der Waals surface area contributed by atoms with Gasteiger partial charge in [0.15, 0.2) is 0 Å². The van der Waals surface area contributed by atoms with Crippen LogP contribution in [-0.4, -0.2) is 6.61 Å². The first kappa shape index (κ1) is 7.26. The van der Waals surface area contributed by atoms with E-state index in [1.165, 1.54) is 12.1 Å². The lowest BCUT2D eigenvalue weighted by Crippen LogP contribution is -1.82. The first-order valence-corrected chi connectivity index (χ1v) is 3.60. The standard InChI is InChI=1S/C9H6FNO/c1-11-8-3-2-6(4-7(8)10)9-5-12-9/h2-4,9H,5H2. The van der Waals surface area contributed by atoms with E-state index in [2.05, 4.69) is 4.85 Å². The second-order valence-corrected chi connectivity index (χ2v) is 2.64. The molecular weight excluding hydrogens is 157 g/mol. The van der Waals surface area contributed by atoms with Gasteiger partial charge in [0.2, 0.25) is 5.69 Å². The summed E-state index contributed by atoms with van der Waals surface area (Å²) in [6, 6.07) is 4.58. The summed E-state index contributed by atoms with van der Waals surface area (Å²) in [6.45, 7) is 7.30. The van der Waals surface area contributed by atoms with E-state index >= 15 is 0 Å². The molecule has 1 aliphatic rings. The molecule has 3 heteroatoms. The van der Waals surface area contributed by atoms with Gasteiger partial charge in [-0.1, -0.05) is 12.1 Å². The lowest BCUT2D eigenvalue weighted by Gasteiger charge is -1.96. The molecular formula is C9H6FNO. The predicted octanol–water partition coefficient (Wildman–Crippen LogP) is 2.45. The van der Waals surface area contributed by atoms with Crippen molar-refractivity contribution in [3.63, 3.8) is 0 Å². The zero-order chi connectivity index (χ0) is 8.55. The molecule has 0 N–H and O–H groups in total. The Morgan fingerprint density at radius 2 is 2.33 bits per heavy atom. The lowest BCUT2D eigenvalue weighted by atomic mass is 10.1. The highest BCUT2D eigenvalue weighted by Gasteiger charge is 2.25. The molecule has 0 aliphatic carbocycles. The molecule has 1 saturated heterocycles. The average Bonchev–Trinajstić information content (AvgIpc) is 2.86. The minimum absolute atomic E-state index is 0.0549. The van der Waals surface area contributed by atoms with Crippen molar-refractivity contribution in [1.29, 1.82) is 0 Å². The molecule has 1 aromatic rings. The van der Waals surface area contributed by atoms with Crippen molar-refractivity contribution in [2.45, 2.75) is 6.10 Å². The van der Waals surface area contributed by atoms with Crippen LogP contribution in [0.15, 0.2) is 18.2 Å². The molecule has 1 aromatic carbocycles. The smallest absolute Gasteiger partial charge is 0.222 e. The number of ether oxygens (including phenoxy) is 1. The Morgan fingerprint density at radius 1 is 1.58 bits per heavy atom. The number of benzene rings is 1. The highest BCUT2D eigenvalue weighted by molar-refractivity contribution is 5.47. The van der Waals surface area contributed by atoms with Crippen LogP contribution in [0.25, 0.3) is 4.85 Å². The molecule has 1 unspecified atom stereocenters. The summed E-state index contributed by atoms with van der Waals surface area (Å²) >= 11 is 0. The van der Waals surface area contributed by atoms with Crippen molar-refractivity contribution in [3.8, 4) is 0 Å². The molecule has 0 bridgehead atoms. The quantitative estimate of drug-likeness (QED) is 0.459. The maximum atomic E-state index is 13.0. The molecule has 1 fully saturated rings. The van der Waals surface area contributed by atoms with E-state index in [0.29, 0.717) is 6.61 Å². The molecule has 0 saturated carbocycles. The van der Waals surface area contributed by atoms with Crippen molar-refractivity contribution in [2.75, 3.05) is 6.61 Å². The normalized spacial score (nSPS) is 20.2. The topological polar surface area (TPSA) is 16.9 Å². The van der Waals surface area contributed by atoms with Crippen molar-refractivity contribution in [2.24, 2.45) is 0 Å². The Labute approximate surface area is 69.4 Å². The summed E-state index contributed by atoms with van der Waals surface area (Å²) in [7, 11) is 0. The fraction of sp³-hybridized carbons (Fsp3) is 0.222. The SMILES string of the molecule is [C-]#[N+]c1ccc(C2CO2)cc1F. The van der Waals surface area contributed by atoms with Gasteiger partial charge in [-0.2, -0.15) is 0 Å². The largest absolute Gasteiger partial charge is 0.368 e. The van der Waals surface area contributed by atoms with Gasteiger partial charge in [-0.25, -0.2) is 9.24 Å². The monoisotopic (exact) mass is 163 g/mol. The molecule has 60 valence electrons. The van der Waals surface area contributed by atoms with Gasteiger partial charge in [0.1, 0.15) is 11.9 Å². The van der Waals surface area contributed by atoms with E-state index in [1.54, 1.807) is 6.07 Å². The zero-order valence-electron chi connectivity index (χ0n) is 6.25. The van der Waals surface area contributed by atoms with E-state index < -0.39 is 5.82 Å². The molecule has 1 heterocycles. The molecule has 1 atom stereocenters. The zero-order valence-corrected chi connectivity index (χ0v) is 6.25. The number of hydrogen-bond acceptors (Lipinski definition) is 1. The maximum absolute atomic E-state index is 13.0. The minimum atomic E-state index is -0.460. The lowest BCUT2D eigenvalue weighted by molar-refractivity contribution is 0.415. The molecule has 2 nitrogen and oxygen atoms in total. The summed E-state index contributed by atoms with van der Waals surface area (Å²) in [5.74, 6) is -0.460. The second kappa shape index (κ2) is 2.58. The Bertz CT molecular complexity index is 352. The number of hydrogen-bond donors (Lipinski definition) is 0. The van der Waals surface area contributed by atoms with E-state index in [-0.39, 0.29) is 11.8 Å². The molecule has 0 radical (unpaired) electrons. The van der Waals surface area contributed by atoms with Crippen LogP contribution in [-0.2, 0) is 4.74 Å². The Hall–Kier alpha value is -1.40. The van der Waals surface area contributed by atoms with Crippen LogP contribution in [0.3, 0.4) is 0 Å². The van der Waals surface area contributed by atoms with Crippen LogP contribution >= 0.6 is 0 Å². The average molecular weight is 163 g/mol. The van der Waals surface area contributed by atoms with Crippen molar-refractivity contribution in [1.82, 2.24) is 0 Å². The number of epoxide rings is 1. The van der Waals surface area contributed by atoms with Crippen LogP contribution < -0.4 is 0 Å². The van der Waals surface area contributed by atoms with E-state index in [1.807, 2.05) is 0 Å². The first-order chi connectivity index (χ1) is 5.81. The molecule has 0 spiro atoms. The minimum Gasteiger partial charge on any atom is -0.368 e. The molecule has 2 rings (SSSR count). The van der Waals surface area contributed by atoms with Crippen LogP contribution in [0, 0.1) is 12.4 Å². The Kier molecular flexibility index (Phi) is 1.56. The van der Waals surface area contributed by atoms with Gasteiger partial charge in [0.05, 0.1) is 13.2 Å². The highest BCUT2D eigenvalue weighted by atomic mass is 19.1. The number of halogens is 1. The third-order valence-corrected chi connectivity index (χ3v) is 1.80. The Morgan fingerprint density at radius 3 is 2.83 bits per heavy atom. The van der Waals surface area contributed by atoms with Gasteiger partial charge >= 0.3 is 0 Å². The van der Waals surface area contributed by atoms with Crippen LogP contribution in [0.5, 0.6) is 0 Å². The first-order valence-electron chi connectivity index (χ1n) is 3.60. The van der Waals surface area contributed by atoms with E-state index in [0.717, 1.165) is 5.56 Å². The molecule has 0 aromatic heterocycles. The van der Waals surface area contributed by atoms with Gasteiger partial charge in [-0.15, -0.1) is 0 Å². The molecule has 12 heavy (non-hydrogen) atoms. The van der Waals surface area contributed by atoms with Crippen molar-refractivity contribution < 1.29 is 9.13 Å². The van der Waals surface area contributed by atoms with E-state index in [4.69, 9.17) is 11.3 Å². The van der Waals surface area contributed by atoms with Crippen LogP contribution in [0.2, 0.25) is 0 Å². The van der Waals surface area contributed by atoms with Gasteiger partial charge in [-0.05, 0) is 11.6 Å². The summed E-state index contributed by atoms with van der Waals surface area (Å²) in [5, 5.41) is 0. The predicted molar refractivity (Wildman–Crippen MR) is 41.4 cm³/mol. The van der Waals surface area contributed by atoms with Gasteiger partial charge < -0.3 is 4.74 Å².